The van der Waals surface area contributed by atoms with Crippen LogP contribution in [0.2, 0.25) is 0 Å². The summed E-state index contributed by atoms with van der Waals surface area (Å²) < 4.78 is 2.16. The van der Waals surface area contributed by atoms with E-state index in [1.165, 1.54) is 4.68 Å². The summed E-state index contributed by atoms with van der Waals surface area (Å²) in [4.78, 5) is 14.7. The van der Waals surface area contributed by atoms with Crippen molar-refractivity contribution < 1.29 is 9.90 Å². The number of aliphatic carboxylic acids is 1. The lowest BCUT2D eigenvalue weighted by Gasteiger charge is -1.96. The predicted octanol–water partition coefficient (Wildman–Crippen LogP) is 1.12. The maximum atomic E-state index is 10.5. The van der Waals surface area contributed by atoms with Gasteiger partial charge >= 0.3 is 5.97 Å². The van der Waals surface area contributed by atoms with Crippen LogP contribution in [0.15, 0.2) is 18.3 Å². The zero-order valence-electron chi connectivity index (χ0n) is 7.01. The standard InChI is InChI=1S/C8H6IN3O2/c9-8-7-5(2-1-3-10-7)12(11-8)4-6(13)14/h1-3H,4H2,(H,13,14). The van der Waals surface area contributed by atoms with Gasteiger partial charge in [0.05, 0.1) is 5.52 Å². The van der Waals surface area contributed by atoms with Crippen LogP contribution in [0.3, 0.4) is 0 Å². The molecule has 0 bridgehead atoms. The van der Waals surface area contributed by atoms with Crippen LogP contribution >= 0.6 is 22.6 Å². The summed E-state index contributed by atoms with van der Waals surface area (Å²) in [6, 6.07) is 3.57. The smallest absolute Gasteiger partial charge is 0.325 e. The fraction of sp³-hybridized carbons (Fsp3) is 0.125. The third-order valence-electron chi connectivity index (χ3n) is 1.75. The number of carbonyl (C=O) groups is 1. The van der Waals surface area contributed by atoms with E-state index in [1.54, 1.807) is 18.3 Å². The number of carboxylic acid groups (broad SMARTS) is 1. The number of hydrogen-bond donors (Lipinski definition) is 1. The maximum Gasteiger partial charge on any atom is 0.325 e. The Hall–Kier alpha value is -1.18. The molecule has 0 atom stereocenters. The van der Waals surface area contributed by atoms with E-state index < -0.39 is 5.97 Å². The van der Waals surface area contributed by atoms with Gasteiger partial charge in [-0.1, -0.05) is 0 Å². The fourth-order valence-electron chi connectivity index (χ4n) is 1.22. The minimum Gasteiger partial charge on any atom is -0.480 e. The van der Waals surface area contributed by atoms with Crippen LogP contribution in [0.1, 0.15) is 0 Å². The SMILES string of the molecule is O=C(O)Cn1nc(I)c2ncccc21. The molecule has 2 rings (SSSR count). The average Bonchev–Trinajstić information content (AvgIpc) is 2.44. The first-order valence-electron chi connectivity index (χ1n) is 3.87. The van der Waals surface area contributed by atoms with Gasteiger partial charge in [-0.3, -0.25) is 14.5 Å². The summed E-state index contributed by atoms with van der Waals surface area (Å²) in [6.07, 6.45) is 1.66. The molecule has 72 valence electrons. The molecule has 2 aromatic rings. The van der Waals surface area contributed by atoms with Gasteiger partial charge in [-0.25, -0.2) is 0 Å². The second-order valence-electron chi connectivity index (χ2n) is 2.71. The number of nitrogens with zero attached hydrogens (tertiary/aromatic N) is 3. The Morgan fingerprint density at radius 3 is 3.14 bits per heavy atom. The molecule has 0 aromatic carbocycles. The summed E-state index contributed by atoms with van der Waals surface area (Å²) >= 11 is 2.04. The number of rotatable bonds is 2. The third-order valence-corrected chi connectivity index (χ3v) is 2.48. The molecule has 2 aromatic heterocycles. The van der Waals surface area contributed by atoms with Crippen molar-refractivity contribution in [3.8, 4) is 0 Å². The molecule has 0 saturated heterocycles. The highest BCUT2D eigenvalue weighted by molar-refractivity contribution is 14.1. The van der Waals surface area contributed by atoms with Gasteiger partial charge in [0.1, 0.15) is 15.8 Å². The molecule has 0 fully saturated rings. The normalized spacial score (nSPS) is 10.6. The number of carboxylic acids is 1. The molecular weight excluding hydrogens is 297 g/mol. The number of aromatic nitrogens is 3. The van der Waals surface area contributed by atoms with Gasteiger partial charge in [0, 0.05) is 6.20 Å². The van der Waals surface area contributed by atoms with Crippen LogP contribution in [0.25, 0.3) is 11.0 Å². The number of halogens is 1. The van der Waals surface area contributed by atoms with E-state index in [-0.39, 0.29) is 6.54 Å². The topological polar surface area (TPSA) is 68.0 Å². The lowest BCUT2D eigenvalue weighted by atomic mass is 10.4. The summed E-state index contributed by atoms with van der Waals surface area (Å²) in [6.45, 7) is -0.134. The van der Waals surface area contributed by atoms with Crippen LogP contribution in [0.4, 0.5) is 0 Å². The second kappa shape index (κ2) is 3.52. The number of pyridine rings is 1. The molecule has 5 nitrogen and oxygen atoms in total. The van der Waals surface area contributed by atoms with Crippen molar-refractivity contribution in [2.45, 2.75) is 6.54 Å². The molecule has 0 spiro atoms. The van der Waals surface area contributed by atoms with Gasteiger partial charge in [-0.05, 0) is 34.7 Å². The summed E-state index contributed by atoms with van der Waals surface area (Å²) in [5.41, 5.74) is 1.49. The first-order valence-corrected chi connectivity index (χ1v) is 4.95. The van der Waals surface area contributed by atoms with Gasteiger partial charge in [0.25, 0.3) is 0 Å². The Balaban J connectivity index is 2.60. The van der Waals surface area contributed by atoms with Gasteiger partial charge in [0.15, 0.2) is 0 Å². The highest BCUT2D eigenvalue weighted by Crippen LogP contribution is 2.16. The first-order chi connectivity index (χ1) is 6.68. The van der Waals surface area contributed by atoms with Gasteiger partial charge < -0.3 is 5.11 Å². The molecule has 0 saturated carbocycles. The molecule has 0 radical (unpaired) electrons. The molecule has 0 aliphatic rings. The first kappa shape index (κ1) is 9.38. The van der Waals surface area contributed by atoms with Crippen LogP contribution in [0.5, 0.6) is 0 Å². The van der Waals surface area contributed by atoms with Crippen molar-refractivity contribution in [3.63, 3.8) is 0 Å². The van der Waals surface area contributed by atoms with Crippen molar-refractivity contribution in [2.75, 3.05) is 0 Å². The highest BCUT2D eigenvalue weighted by atomic mass is 127. The van der Waals surface area contributed by atoms with Crippen LogP contribution in [0, 0.1) is 3.70 Å². The zero-order valence-corrected chi connectivity index (χ0v) is 9.17. The van der Waals surface area contributed by atoms with Gasteiger partial charge in [-0.15, -0.1) is 0 Å². The van der Waals surface area contributed by atoms with E-state index in [2.05, 4.69) is 10.1 Å². The van der Waals surface area contributed by atoms with Gasteiger partial charge in [0.2, 0.25) is 0 Å². The summed E-state index contributed by atoms with van der Waals surface area (Å²) in [5, 5.41) is 12.7. The largest absolute Gasteiger partial charge is 0.480 e. The van der Waals surface area contributed by atoms with Crippen LogP contribution in [-0.2, 0) is 11.3 Å². The van der Waals surface area contributed by atoms with E-state index in [1.807, 2.05) is 22.6 Å². The minimum absolute atomic E-state index is 0.134. The van der Waals surface area contributed by atoms with Crippen molar-refractivity contribution in [2.24, 2.45) is 0 Å². The van der Waals surface area contributed by atoms with Gasteiger partial charge in [-0.2, -0.15) is 5.10 Å². The molecule has 0 unspecified atom stereocenters. The molecular formula is C8H6IN3O2. The van der Waals surface area contributed by atoms with E-state index in [0.29, 0.717) is 0 Å². The molecule has 1 N–H and O–H groups in total. The molecule has 0 aliphatic heterocycles. The lowest BCUT2D eigenvalue weighted by Crippen LogP contribution is -2.09. The quantitative estimate of drug-likeness (QED) is 0.844. The molecule has 2 heterocycles. The maximum absolute atomic E-state index is 10.5. The predicted molar refractivity (Wildman–Crippen MR) is 57.9 cm³/mol. The van der Waals surface area contributed by atoms with E-state index >= 15 is 0 Å². The Bertz CT molecular complexity index is 494. The molecule has 6 heteroatoms. The molecule has 14 heavy (non-hydrogen) atoms. The van der Waals surface area contributed by atoms with Crippen LogP contribution in [-0.4, -0.2) is 25.8 Å². The van der Waals surface area contributed by atoms with E-state index in [0.717, 1.165) is 14.7 Å². The second-order valence-corrected chi connectivity index (χ2v) is 3.74. The Labute approximate surface area is 92.9 Å². The van der Waals surface area contributed by atoms with Crippen molar-refractivity contribution >= 4 is 39.6 Å². The number of hydrogen-bond acceptors (Lipinski definition) is 3. The van der Waals surface area contributed by atoms with E-state index in [9.17, 15) is 4.79 Å². The van der Waals surface area contributed by atoms with E-state index in [4.69, 9.17) is 5.11 Å². The van der Waals surface area contributed by atoms with Crippen LogP contribution < -0.4 is 0 Å². The summed E-state index contributed by atoms with van der Waals surface area (Å²) in [5.74, 6) is -0.908. The average molecular weight is 303 g/mol. The third kappa shape index (κ3) is 1.57. The highest BCUT2D eigenvalue weighted by Gasteiger charge is 2.10. The Kier molecular flexibility index (Phi) is 2.36. The zero-order chi connectivity index (χ0) is 10.1. The molecule has 0 aliphatic carbocycles. The Morgan fingerprint density at radius 1 is 1.64 bits per heavy atom. The lowest BCUT2D eigenvalue weighted by molar-refractivity contribution is -0.137. The fourth-order valence-corrected chi connectivity index (χ4v) is 1.90. The Morgan fingerprint density at radius 2 is 2.43 bits per heavy atom. The van der Waals surface area contributed by atoms with Crippen molar-refractivity contribution in [3.05, 3.63) is 22.0 Å². The monoisotopic (exact) mass is 303 g/mol. The minimum atomic E-state index is -0.908. The number of fused-ring (bicyclic) bond motifs is 1. The van der Waals surface area contributed by atoms with Crippen molar-refractivity contribution in [1.82, 2.24) is 14.8 Å². The van der Waals surface area contributed by atoms with Crippen molar-refractivity contribution in [1.29, 1.82) is 0 Å². The summed E-state index contributed by atoms with van der Waals surface area (Å²) in [7, 11) is 0. The molecule has 0 amide bonds.